The molecule has 0 bridgehead atoms. The third-order valence-corrected chi connectivity index (χ3v) is 7.44. The second kappa shape index (κ2) is 11.3. The maximum absolute atomic E-state index is 15.7. The van der Waals surface area contributed by atoms with Crippen LogP contribution in [0.2, 0.25) is 0 Å². The van der Waals surface area contributed by atoms with Crippen LogP contribution in [0.25, 0.3) is 0 Å². The number of carbonyl (C=O) groups excluding carboxylic acids is 1. The van der Waals surface area contributed by atoms with E-state index in [2.05, 4.69) is 10.1 Å². The van der Waals surface area contributed by atoms with Crippen molar-refractivity contribution in [1.82, 2.24) is 14.6 Å². The van der Waals surface area contributed by atoms with E-state index in [1.54, 1.807) is 44.2 Å². The fraction of sp³-hybridized carbons (Fsp3) is 0.476. The van der Waals surface area contributed by atoms with Crippen LogP contribution in [0.3, 0.4) is 0 Å². The smallest absolute Gasteiger partial charge is 0.351 e. The summed E-state index contributed by atoms with van der Waals surface area (Å²) in [5, 5.41) is 23.5. The molecule has 1 aromatic heterocycles. The molecule has 1 unspecified atom stereocenters. The molecular formula is C21H28FN4O8PS. The average Bonchev–Trinajstić information content (AvgIpc) is 3.02. The van der Waals surface area contributed by atoms with Crippen molar-refractivity contribution in [3.05, 3.63) is 53.1 Å². The summed E-state index contributed by atoms with van der Waals surface area (Å²) in [6.07, 6.45) is -4.87. The summed E-state index contributed by atoms with van der Waals surface area (Å²) in [5.41, 5.74) is 4.53. The van der Waals surface area contributed by atoms with E-state index in [9.17, 15) is 19.8 Å². The highest BCUT2D eigenvalue weighted by Gasteiger charge is 2.57. The number of aliphatic hydroxyl groups excluding tert-OH is 2. The first-order chi connectivity index (χ1) is 16.8. The van der Waals surface area contributed by atoms with Crippen LogP contribution in [0.1, 0.15) is 27.0 Å². The van der Waals surface area contributed by atoms with Crippen LogP contribution in [-0.4, -0.2) is 62.5 Å². The predicted octanol–water partition coefficient (Wildman–Crippen LogP) is 0.992. The van der Waals surface area contributed by atoms with Crippen molar-refractivity contribution in [2.45, 2.75) is 57.2 Å². The van der Waals surface area contributed by atoms with Gasteiger partial charge < -0.3 is 34.5 Å². The summed E-state index contributed by atoms with van der Waals surface area (Å²) in [4.78, 5) is 27.9. The molecular weight excluding hydrogens is 518 g/mol. The van der Waals surface area contributed by atoms with Crippen LogP contribution in [0.4, 0.5) is 10.2 Å². The molecule has 1 aliphatic rings. The van der Waals surface area contributed by atoms with Crippen LogP contribution < -0.4 is 21.0 Å². The zero-order chi connectivity index (χ0) is 26.7. The molecule has 2 aromatic rings. The third kappa shape index (κ3) is 6.65. The van der Waals surface area contributed by atoms with Crippen LogP contribution >= 0.6 is 6.64 Å². The Hall–Kier alpha value is -2.45. The highest BCUT2D eigenvalue weighted by atomic mass is 32.5. The normalized spacial score (nSPS) is 26.4. The molecule has 1 aromatic carbocycles. The van der Waals surface area contributed by atoms with Gasteiger partial charge in [0.1, 0.15) is 36.4 Å². The van der Waals surface area contributed by atoms with Gasteiger partial charge in [0.15, 0.2) is 6.23 Å². The van der Waals surface area contributed by atoms with Gasteiger partial charge in [-0.1, -0.05) is 18.2 Å². The number of nitrogen functional groups attached to an aromatic ring is 1. The molecule has 1 saturated heterocycles. The topological polar surface area (TPSA) is 167 Å². The molecule has 0 spiro atoms. The minimum absolute atomic E-state index is 0.0888. The predicted molar refractivity (Wildman–Crippen MR) is 130 cm³/mol. The Kier molecular flexibility index (Phi) is 8.83. The van der Waals surface area contributed by atoms with Gasteiger partial charge in [-0.3, -0.25) is 9.36 Å². The van der Waals surface area contributed by atoms with E-state index in [0.717, 1.165) is 10.8 Å². The van der Waals surface area contributed by atoms with E-state index in [4.69, 9.17) is 36.1 Å². The lowest BCUT2D eigenvalue weighted by molar-refractivity contribution is -0.203. The third-order valence-electron chi connectivity index (χ3n) is 4.96. The van der Waals surface area contributed by atoms with Crippen molar-refractivity contribution in [1.29, 1.82) is 0 Å². The quantitative estimate of drug-likeness (QED) is 0.247. The molecule has 15 heteroatoms. The largest absolute Gasteiger partial charge is 0.462 e. The van der Waals surface area contributed by atoms with Gasteiger partial charge in [-0.2, -0.15) is 4.98 Å². The molecule has 0 radical (unpaired) electrons. The number of anilines is 1. The number of aromatic nitrogens is 2. The Morgan fingerprint density at radius 3 is 2.61 bits per heavy atom. The Labute approximate surface area is 211 Å². The summed E-state index contributed by atoms with van der Waals surface area (Å²) in [6, 6.07) is 8.49. The molecule has 5 N–H and O–H groups in total. The molecule has 1 fully saturated rings. The van der Waals surface area contributed by atoms with Crippen molar-refractivity contribution in [3.63, 3.8) is 0 Å². The van der Waals surface area contributed by atoms with Gasteiger partial charge >= 0.3 is 18.3 Å². The lowest BCUT2D eigenvalue weighted by Gasteiger charge is -2.30. The highest BCUT2D eigenvalue weighted by molar-refractivity contribution is 8.09. The highest BCUT2D eigenvalue weighted by Crippen LogP contribution is 2.48. The van der Waals surface area contributed by atoms with E-state index in [1.165, 1.54) is 13.0 Å². The molecule has 36 heavy (non-hydrogen) atoms. The number of para-hydroxylation sites is 1. The van der Waals surface area contributed by atoms with Crippen LogP contribution in [0.5, 0.6) is 5.75 Å². The summed E-state index contributed by atoms with van der Waals surface area (Å²) in [5.74, 6) is -3.46. The monoisotopic (exact) mass is 546 g/mol. The van der Waals surface area contributed by atoms with E-state index in [0.29, 0.717) is 0 Å². The molecule has 2 heterocycles. The lowest BCUT2D eigenvalue weighted by Crippen LogP contribution is -2.44. The first kappa shape index (κ1) is 28.1. The summed E-state index contributed by atoms with van der Waals surface area (Å²) in [7, 11) is 0. The molecule has 0 aliphatic carbocycles. The van der Waals surface area contributed by atoms with Crippen molar-refractivity contribution in [3.8, 4) is 5.75 Å². The number of alkyl halides is 1. The van der Waals surface area contributed by atoms with Crippen LogP contribution in [0.15, 0.2) is 47.4 Å². The van der Waals surface area contributed by atoms with E-state index < -0.39 is 61.3 Å². The lowest BCUT2D eigenvalue weighted by atomic mass is 10.1. The van der Waals surface area contributed by atoms with Gasteiger partial charge in [-0.25, -0.2) is 14.3 Å². The Morgan fingerprint density at radius 1 is 1.33 bits per heavy atom. The molecule has 0 saturated carbocycles. The van der Waals surface area contributed by atoms with E-state index >= 15 is 4.39 Å². The standard InChI is InChI=1S/C21H28FN4O8PS/c1-12(2)32-19(29)13(3)25-35(36,34-14-7-5-4-6-8-14)31-11-21(22)17(28)16(27)18(33-21)26-10-9-15(23)24-20(26)30/h4-10,12-13,16-18,27-28H,11H2,1-3H3,(H,25,36)(H2,23,24,30)/t13-,16-,17+,18-,21-,35?/m1/s1. The van der Waals surface area contributed by atoms with Crippen molar-refractivity contribution in [2.75, 3.05) is 12.3 Å². The summed E-state index contributed by atoms with van der Waals surface area (Å²) in [6.45, 7) is 0.132. The second-order valence-corrected chi connectivity index (χ2v) is 11.4. The summed E-state index contributed by atoms with van der Waals surface area (Å²) < 4.78 is 38.2. The van der Waals surface area contributed by atoms with Crippen molar-refractivity contribution in [2.24, 2.45) is 0 Å². The maximum atomic E-state index is 15.7. The number of esters is 1. The zero-order valence-electron chi connectivity index (χ0n) is 19.7. The number of carbonyl (C=O) groups is 1. The zero-order valence-corrected chi connectivity index (χ0v) is 21.4. The van der Waals surface area contributed by atoms with Gasteiger partial charge in [-0.15, -0.1) is 0 Å². The number of nitrogens with one attached hydrogen (secondary N) is 1. The number of nitrogens with zero attached hydrogens (tertiary/aromatic N) is 2. The molecule has 6 atom stereocenters. The number of rotatable bonds is 10. The number of hydrogen-bond donors (Lipinski definition) is 4. The van der Waals surface area contributed by atoms with Crippen molar-refractivity contribution < 1.29 is 37.9 Å². The fourth-order valence-electron chi connectivity index (χ4n) is 3.22. The number of halogens is 1. The number of benzene rings is 1. The van der Waals surface area contributed by atoms with Crippen molar-refractivity contribution >= 4 is 30.2 Å². The van der Waals surface area contributed by atoms with E-state index in [1.807, 2.05) is 0 Å². The van der Waals surface area contributed by atoms with Gasteiger partial charge in [0.05, 0.1) is 6.10 Å². The average molecular weight is 547 g/mol. The Balaban J connectivity index is 1.81. The van der Waals surface area contributed by atoms with Gasteiger partial charge in [0.25, 0.3) is 5.85 Å². The van der Waals surface area contributed by atoms with Gasteiger partial charge in [0.2, 0.25) is 0 Å². The molecule has 12 nitrogen and oxygen atoms in total. The van der Waals surface area contributed by atoms with Gasteiger partial charge in [0, 0.05) is 6.20 Å². The number of hydrogen-bond acceptors (Lipinski definition) is 11. The van der Waals surface area contributed by atoms with Gasteiger partial charge in [-0.05, 0) is 50.8 Å². The molecule has 0 amide bonds. The minimum Gasteiger partial charge on any atom is -0.462 e. The number of nitrogens with two attached hydrogens (primary N) is 1. The van der Waals surface area contributed by atoms with Crippen LogP contribution in [0, 0.1) is 0 Å². The number of ether oxygens (including phenoxy) is 2. The molecule has 198 valence electrons. The Morgan fingerprint density at radius 2 is 2.00 bits per heavy atom. The fourth-order valence-corrected chi connectivity index (χ4v) is 5.61. The Bertz CT molecular complexity index is 1170. The second-order valence-electron chi connectivity index (χ2n) is 8.28. The van der Waals surface area contributed by atoms with Crippen LogP contribution in [-0.2, 0) is 30.6 Å². The minimum atomic E-state index is -3.67. The maximum Gasteiger partial charge on any atom is 0.351 e. The first-order valence-corrected chi connectivity index (χ1v) is 13.5. The molecule has 3 rings (SSSR count). The number of aliphatic hydroxyl groups is 2. The SMILES string of the molecule is CC(C)OC(=O)[C@@H](C)NP(=S)(OC[C@@]1(F)O[C@@H](n2ccc(N)nc2=O)[C@H](O)[C@@H]1O)Oc1ccccc1. The summed E-state index contributed by atoms with van der Waals surface area (Å²) >= 11 is 5.51. The first-order valence-electron chi connectivity index (χ1n) is 10.9. The van der Waals surface area contributed by atoms with E-state index in [-0.39, 0.29) is 11.6 Å². The molecule has 1 aliphatic heterocycles.